The predicted molar refractivity (Wildman–Crippen MR) is 99.8 cm³/mol. The highest BCUT2D eigenvalue weighted by Gasteiger charge is 2.21. The zero-order valence-electron chi connectivity index (χ0n) is 15.2. The van der Waals surface area contributed by atoms with Gasteiger partial charge >= 0.3 is 0 Å². The van der Waals surface area contributed by atoms with Crippen molar-refractivity contribution in [2.45, 2.75) is 12.8 Å². The summed E-state index contributed by atoms with van der Waals surface area (Å²) in [6.07, 6.45) is 1.12. The maximum atomic E-state index is 13.7. The smallest absolute Gasteiger partial charge is 0.227 e. The molecule has 1 amide bonds. The molecule has 0 N–H and O–H groups in total. The average molecular weight is 356 g/mol. The second kappa shape index (κ2) is 8.81. The first-order valence-electron chi connectivity index (χ1n) is 9.02. The highest BCUT2D eigenvalue weighted by atomic mass is 19.1. The van der Waals surface area contributed by atoms with Gasteiger partial charge in [-0.05, 0) is 35.7 Å². The molecule has 26 heavy (non-hydrogen) atoms. The van der Waals surface area contributed by atoms with E-state index >= 15 is 0 Å². The Morgan fingerprint density at radius 2 is 1.73 bits per heavy atom. The highest BCUT2D eigenvalue weighted by Crippen LogP contribution is 2.14. The van der Waals surface area contributed by atoms with Crippen LogP contribution in [-0.4, -0.2) is 55.5 Å². The van der Waals surface area contributed by atoms with E-state index in [9.17, 15) is 9.18 Å². The predicted octanol–water partition coefficient (Wildman–Crippen LogP) is 2.76. The topological polar surface area (TPSA) is 32.8 Å². The maximum absolute atomic E-state index is 13.7. The van der Waals surface area contributed by atoms with Crippen LogP contribution in [-0.2, 0) is 17.6 Å². The third-order valence-corrected chi connectivity index (χ3v) is 4.89. The van der Waals surface area contributed by atoms with Crippen molar-refractivity contribution in [2.75, 3.05) is 39.8 Å². The molecular weight excluding hydrogens is 331 g/mol. The number of ether oxygens (including phenoxy) is 1. The normalized spacial score (nSPS) is 15.1. The van der Waals surface area contributed by atoms with E-state index in [1.807, 2.05) is 41.3 Å². The number of rotatable bonds is 6. The first kappa shape index (κ1) is 18.4. The zero-order valence-corrected chi connectivity index (χ0v) is 15.2. The summed E-state index contributed by atoms with van der Waals surface area (Å²) < 4.78 is 18.8. The minimum absolute atomic E-state index is 0.138. The number of hydrogen-bond donors (Lipinski definition) is 0. The van der Waals surface area contributed by atoms with E-state index in [4.69, 9.17) is 4.74 Å². The van der Waals surface area contributed by atoms with Crippen molar-refractivity contribution in [2.24, 2.45) is 0 Å². The fraction of sp³-hybridized carbons (Fsp3) is 0.381. The van der Waals surface area contributed by atoms with Gasteiger partial charge in [0.2, 0.25) is 5.91 Å². The number of piperazine rings is 1. The molecule has 0 unspecified atom stereocenters. The van der Waals surface area contributed by atoms with Gasteiger partial charge in [-0.2, -0.15) is 0 Å². The Morgan fingerprint density at radius 3 is 2.38 bits per heavy atom. The lowest BCUT2D eigenvalue weighted by Crippen LogP contribution is -2.49. The molecule has 2 aromatic rings. The van der Waals surface area contributed by atoms with Crippen molar-refractivity contribution >= 4 is 5.91 Å². The Hall–Kier alpha value is -2.40. The number of hydrogen-bond acceptors (Lipinski definition) is 3. The SMILES string of the molecule is COc1ccc(CC(=O)N2CCN(CCc3ccccc3F)CC2)cc1. The van der Waals surface area contributed by atoms with Crippen LogP contribution in [0.4, 0.5) is 4.39 Å². The summed E-state index contributed by atoms with van der Waals surface area (Å²) in [4.78, 5) is 16.7. The summed E-state index contributed by atoms with van der Waals surface area (Å²) in [5.41, 5.74) is 1.75. The lowest BCUT2D eigenvalue weighted by Gasteiger charge is -2.34. The van der Waals surface area contributed by atoms with Crippen LogP contribution in [0.1, 0.15) is 11.1 Å². The first-order chi connectivity index (χ1) is 12.7. The van der Waals surface area contributed by atoms with Crippen molar-refractivity contribution in [3.8, 4) is 5.75 Å². The number of carbonyl (C=O) groups excluding carboxylic acids is 1. The summed E-state index contributed by atoms with van der Waals surface area (Å²) in [5, 5.41) is 0. The number of methoxy groups -OCH3 is 1. The van der Waals surface area contributed by atoms with Crippen LogP contribution in [0.3, 0.4) is 0 Å². The van der Waals surface area contributed by atoms with Gasteiger partial charge in [0.15, 0.2) is 0 Å². The molecule has 4 nitrogen and oxygen atoms in total. The van der Waals surface area contributed by atoms with E-state index < -0.39 is 0 Å². The van der Waals surface area contributed by atoms with Gasteiger partial charge in [0.05, 0.1) is 13.5 Å². The second-order valence-corrected chi connectivity index (χ2v) is 6.59. The molecule has 5 heteroatoms. The number of benzene rings is 2. The molecule has 1 aliphatic heterocycles. The lowest BCUT2D eigenvalue weighted by molar-refractivity contribution is -0.132. The van der Waals surface area contributed by atoms with Gasteiger partial charge in [0.25, 0.3) is 0 Å². The fourth-order valence-electron chi connectivity index (χ4n) is 3.23. The third kappa shape index (κ3) is 4.82. The van der Waals surface area contributed by atoms with E-state index in [1.165, 1.54) is 6.07 Å². The van der Waals surface area contributed by atoms with Crippen LogP contribution in [0, 0.1) is 5.82 Å². The van der Waals surface area contributed by atoms with Crippen LogP contribution < -0.4 is 4.74 Å². The molecule has 0 aromatic heterocycles. The molecule has 138 valence electrons. The Morgan fingerprint density at radius 1 is 1.04 bits per heavy atom. The van der Waals surface area contributed by atoms with Crippen LogP contribution in [0.5, 0.6) is 5.75 Å². The van der Waals surface area contributed by atoms with E-state index in [0.29, 0.717) is 12.8 Å². The summed E-state index contributed by atoms with van der Waals surface area (Å²) in [5.74, 6) is 0.814. The summed E-state index contributed by atoms with van der Waals surface area (Å²) in [7, 11) is 1.63. The summed E-state index contributed by atoms with van der Waals surface area (Å²) in [6.45, 7) is 3.95. The van der Waals surface area contributed by atoms with E-state index in [1.54, 1.807) is 13.2 Å². The van der Waals surface area contributed by atoms with Gasteiger partial charge in [-0.3, -0.25) is 9.69 Å². The first-order valence-corrected chi connectivity index (χ1v) is 9.02. The standard InChI is InChI=1S/C21H25FN2O2/c1-26-19-8-6-17(7-9-19)16-21(25)24-14-12-23(13-15-24)11-10-18-4-2-3-5-20(18)22/h2-9H,10-16H2,1H3. The molecule has 1 heterocycles. The van der Waals surface area contributed by atoms with Crippen molar-refractivity contribution in [3.05, 3.63) is 65.5 Å². The van der Waals surface area contributed by atoms with Crippen molar-refractivity contribution in [1.82, 2.24) is 9.80 Å². The van der Waals surface area contributed by atoms with Crippen molar-refractivity contribution in [3.63, 3.8) is 0 Å². The minimum Gasteiger partial charge on any atom is -0.497 e. The second-order valence-electron chi connectivity index (χ2n) is 6.59. The van der Waals surface area contributed by atoms with Gasteiger partial charge in [0, 0.05) is 32.7 Å². The van der Waals surface area contributed by atoms with Gasteiger partial charge < -0.3 is 9.64 Å². The maximum Gasteiger partial charge on any atom is 0.227 e. The number of nitrogens with zero attached hydrogens (tertiary/aromatic N) is 2. The molecule has 0 aliphatic carbocycles. The van der Waals surface area contributed by atoms with Crippen LogP contribution in [0.2, 0.25) is 0 Å². The molecule has 0 radical (unpaired) electrons. The molecule has 2 aromatic carbocycles. The molecule has 0 atom stereocenters. The molecule has 1 aliphatic rings. The largest absolute Gasteiger partial charge is 0.497 e. The Bertz CT molecular complexity index is 725. The average Bonchev–Trinajstić information content (AvgIpc) is 2.68. The zero-order chi connectivity index (χ0) is 18.4. The van der Waals surface area contributed by atoms with Gasteiger partial charge in [-0.1, -0.05) is 30.3 Å². The number of halogens is 1. The molecule has 1 saturated heterocycles. The Kier molecular flexibility index (Phi) is 6.23. The van der Waals surface area contributed by atoms with Gasteiger partial charge in [0.1, 0.15) is 11.6 Å². The molecular formula is C21H25FN2O2. The summed E-state index contributed by atoms with van der Waals surface area (Å²) in [6, 6.07) is 14.5. The molecule has 0 spiro atoms. The Balaban J connectivity index is 1.44. The van der Waals surface area contributed by atoms with Gasteiger partial charge in [-0.15, -0.1) is 0 Å². The van der Waals surface area contributed by atoms with E-state index in [0.717, 1.165) is 49.6 Å². The molecule has 0 saturated carbocycles. The number of amides is 1. The summed E-state index contributed by atoms with van der Waals surface area (Å²) >= 11 is 0. The third-order valence-electron chi connectivity index (χ3n) is 4.89. The molecule has 0 bridgehead atoms. The quantitative estimate of drug-likeness (QED) is 0.798. The fourth-order valence-corrected chi connectivity index (χ4v) is 3.23. The van der Waals surface area contributed by atoms with Crippen molar-refractivity contribution < 1.29 is 13.9 Å². The van der Waals surface area contributed by atoms with Crippen LogP contribution >= 0.6 is 0 Å². The minimum atomic E-state index is -0.138. The Labute approximate surface area is 154 Å². The van der Waals surface area contributed by atoms with Crippen LogP contribution in [0.15, 0.2) is 48.5 Å². The van der Waals surface area contributed by atoms with Gasteiger partial charge in [-0.25, -0.2) is 4.39 Å². The number of carbonyl (C=O) groups is 1. The molecule has 3 rings (SSSR count). The van der Waals surface area contributed by atoms with E-state index in [-0.39, 0.29) is 11.7 Å². The molecule has 1 fully saturated rings. The highest BCUT2D eigenvalue weighted by molar-refractivity contribution is 5.78. The van der Waals surface area contributed by atoms with Crippen molar-refractivity contribution in [1.29, 1.82) is 0 Å². The monoisotopic (exact) mass is 356 g/mol. The lowest BCUT2D eigenvalue weighted by atomic mass is 10.1. The van der Waals surface area contributed by atoms with Crippen LogP contribution in [0.25, 0.3) is 0 Å². The van der Waals surface area contributed by atoms with E-state index in [2.05, 4.69) is 4.90 Å².